The molecule has 0 aliphatic carbocycles. The second-order valence-electron chi connectivity index (χ2n) is 2.43. The van der Waals surface area contributed by atoms with Crippen LogP contribution in [0.15, 0.2) is 17.5 Å². The normalized spacial score (nSPS) is 14.7. The Morgan fingerprint density at radius 3 is 2.58 bits per heavy atom. The quantitative estimate of drug-likeness (QED) is 0.769. The number of alkyl halides is 3. The molecular formula is C7H8F3NS. The molecule has 1 aromatic rings. The molecule has 0 saturated heterocycles. The highest BCUT2D eigenvalue weighted by Gasteiger charge is 2.36. The number of rotatable bonds is 2. The lowest BCUT2D eigenvalue weighted by Gasteiger charge is -2.13. The summed E-state index contributed by atoms with van der Waals surface area (Å²) in [7, 11) is 0. The van der Waals surface area contributed by atoms with Gasteiger partial charge < -0.3 is 5.73 Å². The van der Waals surface area contributed by atoms with E-state index in [4.69, 9.17) is 5.73 Å². The Bertz CT molecular complexity index is 229. The Morgan fingerprint density at radius 2 is 2.17 bits per heavy atom. The van der Waals surface area contributed by atoms with Crippen molar-refractivity contribution in [3.05, 3.63) is 22.4 Å². The van der Waals surface area contributed by atoms with E-state index in [9.17, 15) is 13.2 Å². The first kappa shape index (κ1) is 9.54. The molecule has 1 unspecified atom stereocenters. The molecule has 0 saturated carbocycles. The number of halogens is 3. The monoisotopic (exact) mass is 195 g/mol. The number of thiophene rings is 1. The molecule has 0 aliphatic rings. The molecule has 0 spiro atoms. The number of hydrogen-bond acceptors (Lipinski definition) is 2. The maximum Gasteiger partial charge on any atom is 0.403 e. The zero-order chi connectivity index (χ0) is 9.19. The molecule has 2 N–H and O–H groups in total. The molecule has 1 aromatic heterocycles. The minimum absolute atomic E-state index is 0.124. The maximum atomic E-state index is 11.9. The lowest BCUT2D eigenvalue weighted by atomic mass is 10.2. The minimum atomic E-state index is -4.29. The lowest BCUT2D eigenvalue weighted by molar-refractivity contribution is -0.147. The second kappa shape index (κ2) is 3.45. The van der Waals surface area contributed by atoms with Gasteiger partial charge in [-0.2, -0.15) is 13.2 Å². The van der Waals surface area contributed by atoms with Crippen LogP contribution in [-0.4, -0.2) is 12.2 Å². The summed E-state index contributed by atoms with van der Waals surface area (Å²) in [6.07, 6.45) is -4.41. The van der Waals surface area contributed by atoms with Crippen molar-refractivity contribution in [3.63, 3.8) is 0 Å². The van der Waals surface area contributed by atoms with Gasteiger partial charge >= 0.3 is 6.18 Å². The Hall–Kier alpha value is -0.550. The Balaban J connectivity index is 2.53. The van der Waals surface area contributed by atoms with Crippen molar-refractivity contribution in [2.75, 3.05) is 0 Å². The van der Waals surface area contributed by atoms with Gasteiger partial charge in [0.05, 0.1) is 0 Å². The SMILES string of the molecule is NC(Cc1cccs1)C(F)(F)F. The summed E-state index contributed by atoms with van der Waals surface area (Å²) in [4.78, 5) is 0.667. The molecule has 0 fully saturated rings. The second-order valence-corrected chi connectivity index (χ2v) is 3.46. The van der Waals surface area contributed by atoms with Gasteiger partial charge in [0.1, 0.15) is 6.04 Å². The van der Waals surface area contributed by atoms with Gasteiger partial charge in [0.25, 0.3) is 0 Å². The van der Waals surface area contributed by atoms with Gasteiger partial charge in [-0.05, 0) is 11.4 Å². The van der Waals surface area contributed by atoms with E-state index in [0.29, 0.717) is 4.88 Å². The summed E-state index contributed by atoms with van der Waals surface area (Å²) in [5.74, 6) is 0. The van der Waals surface area contributed by atoms with Gasteiger partial charge in [-0.25, -0.2) is 0 Å². The van der Waals surface area contributed by atoms with Crippen LogP contribution in [0.1, 0.15) is 4.88 Å². The van der Waals surface area contributed by atoms with E-state index < -0.39 is 12.2 Å². The van der Waals surface area contributed by atoms with E-state index in [1.165, 1.54) is 11.3 Å². The van der Waals surface area contributed by atoms with Crippen LogP contribution in [0.4, 0.5) is 13.2 Å². The summed E-state index contributed by atoms with van der Waals surface area (Å²) in [5, 5.41) is 1.73. The third-order valence-corrected chi connectivity index (χ3v) is 2.32. The van der Waals surface area contributed by atoms with E-state index >= 15 is 0 Å². The highest BCUT2D eigenvalue weighted by Crippen LogP contribution is 2.22. The van der Waals surface area contributed by atoms with Crippen molar-refractivity contribution in [3.8, 4) is 0 Å². The fourth-order valence-electron chi connectivity index (χ4n) is 0.761. The van der Waals surface area contributed by atoms with Crippen LogP contribution in [-0.2, 0) is 6.42 Å². The Morgan fingerprint density at radius 1 is 1.50 bits per heavy atom. The van der Waals surface area contributed by atoms with E-state index in [1.54, 1.807) is 17.5 Å². The zero-order valence-electron chi connectivity index (χ0n) is 6.14. The largest absolute Gasteiger partial charge is 0.403 e. The summed E-state index contributed by atoms with van der Waals surface area (Å²) < 4.78 is 35.8. The smallest absolute Gasteiger partial charge is 0.320 e. The predicted octanol–water partition coefficient (Wildman–Crippen LogP) is 2.18. The molecule has 1 nitrogen and oxygen atoms in total. The highest BCUT2D eigenvalue weighted by atomic mass is 32.1. The number of hydrogen-bond donors (Lipinski definition) is 1. The molecule has 1 heterocycles. The first-order valence-corrected chi connectivity index (χ1v) is 4.23. The molecule has 0 aromatic carbocycles. The maximum absolute atomic E-state index is 11.9. The summed E-state index contributed by atoms with van der Waals surface area (Å²) in [6.45, 7) is 0. The van der Waals surface area contributed by atoms with E-state index in [1.807, 2.05) is 0 Å². The highest BCUT2D eigenvalue weighted by molar-refractivity contribution is 7.09. The molecule has 1 rings (SSSR count). The van der Waals surface area contributed by atoms with Gasteiger partial charge in [-0.3, -0.25) is 0 Å². The number of nitrogens with two attached hydrogens (primary N) is 1. The van der Waals surface area contributed by atoms with Crippen molar-refractivity contribution in [2.24, 2.45) is 5.73 Å². The van der Waals surface area contributed by atoms with Crippen molar-refractivity contribution in [2.45, 2.75) is 18.6 Å². The summed E-state index contributed by atoms with van der Waals surface area (Å²) in [6, 6.07) is 1.62. The molecule has 0 aliphatic heterocycles. The fourth-order valence-corrected chi connectivity index (χ4v) is 1.53. The van der Waals surface area contributed by atoms with Crippen LogP contribution in [0.3, 0.4) is 0 Å². The molecule has 12 heavy (non-hydrogen) atoms. The van der Waals surface area contributed by atoms with Crippen molar-refractivity contribution < 1.29 is 13.2 Å². The van der Waals surface area contributed by atoms with Crippen LogP contribution >= 0.6 is 11.3 Å². The average molecular weight is 195 g/mol. The Kier molecular flexibility index (Phi) is 2.74. The molecule has 0 radical (unpaired) electrons. The van der Waals surface area contributed by atoms with Crippen molar-refractivity contribution >= 4 is 11.3 Å². The zero-order valence-corrected chi connectivity index (χ0v) is 6.95. The average Bonchev–Trinajstić information content (AvgIpc) is 2.37. The van der Waals surface area contributed by atoms with E-state index in [0.717, 1.165) is 0 Å². The molecule has 0 amide bonds. The first-order valence-electron chi connectivity index (χ1n) is 3.35. The van der Waals surface area contributed by atoms with Gasteiger partial charge in [0.2, 0.25) is 0 Å². The lowest BCUT2D eigenvalue weighted by Crippen LogP contribution is -2.38. The molecule has 68 valence electrons. The predicted molar refractivity (Wildman–Crippen MR) is 42.1 cm³/mol. The summed E-state index contributed by atoms with van der Waals surface area (Å²) in [5.41, 5.74) is 4.92. The van der Waals surface area contributed by atoms with Crippen LogP contribution < -0.4 is 5.73 Å². The minimum Gasteiger partial charge on any atom is -0.320 e. The van der Waals surface area contributed by atoms with E-state index in [-0.39, 0.29) is 6.42 Å². The summed E-state index contributed by atoms with van der Waals surface area (Å²) >= 11 is 1.29. The van der Waals surface area contributed by atoms with Crippen molar-refractivity contribution in [1.82, 2.24) is 0 Å². The van der Waals surface area contributed by atoms with Crippen LogP contribution in [0.25, 0.3) is 0 Å². The molecule has 5 heteroatoms. The van der Waals surface area contributed by atoms with Gasteiger partial charge in [0, 0.05) is 11.3 Å². The topological polar surface area (TPSA) is 26.0 Å². The van der Waals surface area contributed by atoms with Gasteiger partial charge in [-0.1, -0.05) is 6.07 Å². The fraction of sp³-hybridized carbons (Fsp3) is 0.429. The first-order chi connectivity index (χ1) is 5.50. The standard InChI is InChI=1S/C7H8F3NS/c8-7(9,10)6(11)4-5-2-1-3-12-5/h1-3,6H,4,11H2. The van der Waals surface area contributed by atoms with Crippen LogP contribution in [0.2, 0.25) is 0 Å². The Labute approximate surface area is 72.0 Å². The molecule has 0 bridgehead atoms. The molecular weight excluding hydrogens is 187 g/mol. The van der Waals surface area contributed by atoms with Crippen LogP contribution in [0, 0.1) is 0 Å². The third-order valence-electron chi connectivity index (χ3n) is 1.42. The van der Waals surface area contributed by atoms with Gasteiger partial charge in [0.15, 0.2) is 0 Å². The van der Waals surface area contributed by atoms with Crippen molar-refractivity contribution in [1.29, 1.82) is 0 Å². The molecule has 1 atom stereocenters. The third kappa shape index (κ3) is 2.49. The van der Waals surface area contributed by atoms with Crippen LogP contribution in [0.5, 0.6) is 0 Å². The van der Waals surface area contributed by atoms with E-state index in [2.05, 4.69) is 0 Å². The van der Waals surface area contributed by atoms with Gasteiger partial charge in [-0.15, -0.1) is 11.3 Å².